The van der Waals surface area contributed by atoms with Crippen LogP contribution in [0.4, 0.5) is 0 Å². The van der Waals surface area contributed by atoms with Crippen molar-refractivity contribution in [3.05, 3.63) is 60.7 Å². The molecule has 0 aliphatic carbocycles. The standard InChI is InChI=1S/C19H23N5O3S/c25-28(26,19-14-20-24(15-19)18-8-12-27-13-9-18)21-10-6-16-7-11-23(22-16)17-4-2-1-3-5-17/h1-5,7,11,14-15,18,21H,6,8-10,12-13H2. The van der Waals surface area contributed by atoms with E-state index >= 15 is 0 Å². The van der Waals surface area contributed by atoms with Gasteiger partial charge in [-0.3, -0.25) is 4.68 Å². The van der Waals surface area contributed by atoms with Crippen molar-refractivity contribution in [2.24, 2.45) is 0 Å². The van der Waals surface area contributed by atoms with Gasteiger partial charge in [0.1, 0.15) is 4.90 Å². The molecule has 3 aromatic rings. The Morgan fingerprint density at radius 3 is 2.71 bits per heavy atom. The van der Waals surface area contributed by atoms with Gasteiger partial charge in [0.25, 0.3) is 0 Å². The molecule has 0 bridgehead atoms. The summed E-state index contributed by atoms with van der Waals surface area (Å²) in [4.78, 5) is 0.189. The first-order valence-electron chi connectivity index (χ1n) is 9.33. The van der Waals surface area contributed by atoms with Gasteiger partial charge in [-0.25, -0.2) is 17.8 Å². The maximum atomic E-state index is 12.5. The molecular formula is C19H23N5O3S. The molecular weight excluding hydrogens is 378 g/mol. The van der Waals surface area contributed by atoms with E-state index in [2.05, 4.69) is 14.9 Å². The van der Waals surface area contributed by atoms with Crippen LogP contribution in [0.15, 0.2) is 59.9 Å². The van der Waals surface area contributed by atoms with Gasteiger partial charge in [-0.05, 0) is 31.0 Å². The molecule has 0 atom stereocenters. The Bertz CT molecular complexity index is 1010. The van der Waals surface area contributed by atoms with E-state index in [1.54, 1.807) is 15.6 Å². The average molecular weight is 401 g/mol. The lowest BCUT2D eigenvalue weighted by atomic mass is 10.1. The molecule has 0 saturated carbocycles. The fourth-order valence-corrected chi connectivity index (χ4v) is 4.20. The number of nitrogens with one attached hydrogen (secondary N) is 1. The average Bonchev–Trinajstić information content (AvgIpc) is 3.40. The summed E-state index contributed by atoms with van der Waals surface area (Å²) < 4.78 is 36.6. The third kappa shape index (κ3) is 4.32. The van der Waals surface area contributed by atoms with Crippen molar-refractivity contribution in [1.29, 1.82) is 0 Å². The highest BCUT2D eigenvalue weighted by molar-refractivity contribution is 7.89. The molecule has 8 nitrogen and oxygen atoms in total. The largest absolute Gasteiger partial charge is 0.381 e. The number of rotatable bonds is 7. The zero-order chi connectivity index (χ0) is 19.4. The molecule has 0 unspecified atom stereocenters. The van der Waals surface area contributed by atoms with E-state index in [0.717, 1.165) is 24.2 Å². The Hall–Kier alpha value is -2.49. The Morgan fingerprint density at radius 1 is 1.14 bits per heavy atom. The highest BCUT2D eigenvalue weighted by Gasteiger charge is 2.21. The lowest BCUT2D eigenvalue weighted by Crippen LogP contribution is -2.26. The van der Waals surface area contributed by atoms with E-state index in [9.17, 15) is 8.42 Å². The van der Waals surface area contributed by atoms with Gasteiger partial charge < -0.3 is 4.74 Å². The van der Waals surface area contributed by atoms with Crippen molar-refractivity contribution in [2.45, 2.75) is 30.2 Å². The van der Waals surface area contributed by atoms with Crippen LogP contribution < -0.4 is 4.72 Å². The molecule has 9 heteroatoms. The zero-order valence-electron chi connectivity index (χ0n) is 15.4. The molecule has 1 fully saturated rings. The van der Waals surface area contributed by atoms with Crippen LogP contribution >= 0.6 is 0 Å². The van der Waals surface area contributed by atoms with Crippen LogP contribution in [0.25, 0.3) is 5.69 Å². The first kappa shape index (κ1) is 18.9. The summed E-state index contributed by atoms with van der Waals surface area (Å²) in [5.74, 6) is 0. The minimum absolute atomic E-state index is 0.189. The molecule has 2 aromatic heterocycles. The van der Waals surface area contributed by atoms with Crippen LogP contribution in [0.3, 0.4) is 0 Å². The normalized spacial score (nSPS) is 15.7. The summed E-state index contributed by atoms with van der Waals surface area (Å²) in [6.07, 6.45) is 7.08. The number of hydrogen-bond acceptors (Lipinski definition) is 5. The quantitative estimate of drug-likeness (QED) is 0.653. The molecule has 1 N–H and O–H groups in total. The van der Waals surface area contributed by atoms with E-state index in [1.165, 1.54) is 6.20 Å². The maximum Gasteiger partial charge on any atom is 0.243 e. The van der Waals surface area contributed by atoms with Gasteiger partial charge >= 0.3 is 0 Å². The molecule has 28 heavy (non-hydrogen) atoms. The van der Waals surface area contributed by atoms with Crippen LogP contribution in [-0.2, 0) is 21.2 Å². The van der Waals surface area contributed by atoms with Crippen LogP contribution in [-0.4, -0.2) is 47.7 Å². The fraction of sp³-hybridized carbons (Fsp3) is 0.368. The van der Waals surface area contributed by atoms with Crippen molar-refractivity contribution in [3.63, 3.8) is 0 Å². The molecule has 1 aromatic carbocycles. The number of sulfonamides is 1. The fourth-order valence-electron chi connectivity index (χ4n) is 3.23. The molecule has 0 radical (unpaired) electrons. The topological polar surface area (TPSA) is 91.0 Å². The van der Waals surface area contributed by atoms with Gasteiger partial charge in [0.2, 0.25) is 10.0 Å². The Morgan fingerprint density at radius 2 is 1.93 bits per heavy atom. The smallest absolute Gasteiger partial charge is 0.243 e. The highest BCUT2D eigenvalue weighted by atomic mass is 32.2. The summed E-state index contributed by atoms with van der Waals surface area (Å²) in [6.45, 7) is 1.64. The molecule has 0 spiro atoms. The predicted molar refractivity (Wildman–Crippen MR) is 104 cm³/mol. The van der Waals surface area contributed by atoms with Gasteiger partial charge in [0.15, 0.2) is 0 Å². The Kier molecular flexibility index (Phi) is 5.56. The third-order valence-electron chi connectivity index (χ3n) is 4.79. The number of para-hydroxylation sites is 1. The molecule has 1 aliphatic heterocycles. The van der Waals surface area contributed by atoms with E-state index in [0.29, 0.717) is 19.6 Å². The number of nitrogens with zero attached hydrogens (tertiary/aromatic N) is 4. The van der Waals surface area contributed by atoms with Crippen LogP contribution in [0, 0.1) is 0 Å². The molecule has 3 heterocycles. The van der Waals surface area contributed by atoms with Crippen molar-refractivity contribution in [2.75, 3.05) is 19.8 Å². The van der Waals surface area contributed by atoms with E-state index in [1.807, 2.05) is 42.6 Å². The first-order valence-corrected chi connectivity index (χ1v) is 10.8. The number of hydrogen-bond donors (Lipinski definition) is 1. The van der Waals surface area contributed by atoms with Crippen LogP contribution in [0.1, 0.15) is 24.6 Å². The lowest BCUT2D eigenvalue weighted by Gasteiger charge is -2.22. The van der Waals surface area contributed by atoms with E-state index in [-0.39, 0.29) is 17.5 Å². The minimum atomic E-state index is -3.59. The predicted octanol–water partition coefficient (Wildman–Crippen LogP) is 1.94. The van der Waals surface area contributed by atoms with Crippen molar-refractivity contribution in [3.8, 4) is 5.69 Å². The Labute approximate surface area is 164 Å². The van der Waals surface area contributed by atoms with E-state index < -0.39 is 10.0 Å². The second-order valence-electron chi connectivity index (χ2n) is 6.73. The van der Waals surface area contributed by atoms with Gasteiger partial charge in [0.05, 0.1) is 23.6 Å². The highest BCUT2D eigenvalue weighted by Crippen LogP contribution is 2.21. The van der Waals surface area contributed by atoms with Gasteiger partial charge in [0, 0.05) is 38.6 Å². The van der Waals surface area contributed by atoms with E-state index in [4.69, 9.17) is 4.74 Å². The lowest BCUT2D eigenvalue weighted by molar-refractivity contribution is 0.0662. The molecule has 1 saturated heterocycles. The van der Waals surface area contributed by atoms with Gasteiger partial charge in [-0.1, -0.05) is 18.2 Å². The monoisotopic (exact) mass is 401 g/mol. The summed E-state index contributed by atoms with van der Waals surface area (Å²) in [5, 5.41) is 8.73. The zero-order valence-corrected chi connectivity index (χ0v) is 16.3. The maximum absolute atomic E-state index is 12.5. The molecule has 0 amide bonds. The first-order chi connectivity index (χ1) is 13.6. The Balaban J connectivity index is 1.34. The summed E-state index contributed by atoms with van der Waals surface area (Å²) in [6, 6.07) is 11.9. The summed E-state index contributed by atoms with van der Waals surface area (Å²) in [7, 11) is -3.59. The van der Waals surface area contributed by atoms with Crippen molar-refractivity contribution < 1.29 is 13.2 Å². The van der Waals surface area contributed by atoms with Crippen LogP contribution in [0.5, 0.6) is 0 Å². The number of ether oxygens (including phenoxy) is 1. The summed E-state index contributed by atoms with van der Waals surface area (Å²) in [5.41, 5.74) is 1.79. The second-order valence-corrected chi connectivity index (χ2v) is 8.50. The van der Waals surface area contributed by atoms with Gasteiger partial charge in [-0.2, -0.15) is 10.2 Å². The number of aromatic nitrogens is 4. The van der Waals surface area contributed by atoms with Crippen molar-refractivity contribution >= 4 is 10.0 Å². The molecule has 1 aliphatic rings. The number of benzene rings is 1. The van der Waals surface area contributed by atoms with Gasteiger partial charge in [-0.15, -0.1) is 0 Å². The minimum Gasteiger partial charge on any atom is -0.381 e. The second kappa shape index (κ2) is 8.26. The summed E-state index contributed by atoms with van der Waals surface area (Å²) >= 11 is 0. The SMILES string of the molecule is O=S(=O)(NCCc1ccn(-c2ccccc2)n1)c1cnn(C2CCOCC2)c1. The van der Waals surface area contributed by atoms with Crippen molar-refractivity contribution in [1.82, 2.24) is 24.3 Å². The van der Waals surface area contributed by atoms with Crippen LogP contribution in [0.2, 0.25) is 0 Å². The molecule has 4 rings (SSSR count). The third-order valence-corrected chi connectivity index (χ3v) is 6.21. The molecule has 148 valence electrons.